The average molecular weight is 273 g/mol. The molecular formula is C11H17BrN2O. The van der Waals surface area contributed by atoms with Gasteiger partial charge in [-0.15, -0.1) is 0 Å². The molecule has 3 nitrogen and oxygen atoms in total. The third kappa shape index (κ3) is 3.81. The molecule has 0 aliphatic rings. The normalized spacial score (nSPS) is 12.5. The predicted molar refractivity (Wildman–Crippen MR) is 66.1 cm³/mol. The minimum absolute atomic E-state index is 0.322. The zero-order valence-electron chi connectivity index (χ0n) is 9.09. The molecule has 15 heavy (non-hydrogen) atoms. The fourth-order valence-electron chi connectivity index (χ4n) is 1.18. The summed E-state index contributed by atoms with van der Waals surface area (Å²) in [6.45, 7) is 3.49. The van der Waals surface area contributed by atoms with Gasteiger partial charge < -0.3 is 15.8 Å². The minimum atomic E-state index is 0.322. The highest BCUT2D eigenvalue weighted by Crippen LogP contribution is 2.22. The molecule has 0 aliphatic heterocycles. The van der Waals surface area contributed by atoms with Crippen molar-refractivity contribution in [1.82, 2.24) is 5.32 Å². The highest BCUT2D eigenvalue weighted by molar-refractivity contribution is 9.10. The van der Waals surface area contributed by atoms with E-state index in [-0.39, 0.29) is 0 Å². The molecule has 0 aromatic heterocycles. The topological polar surface area (TPSA) is 47.3 Å². The molecule has 1 rings (SSSR count). The van der Waals surface area contributed by atoms with Crippen molar-refractivity contribution in [2.75, 3.05) is 13.7 Å². The molecule has 1 atom stereocenters. The van der Waals surface area contributed by atoms with E-state index < -0.39 is 0 Å². The lowest BCUT2D eigenvalue weighted by Crippen LogP contribution is -2.32. The molecule has 1 aromatic carbocycles. The molecule has 0 radical (unpaired) electrons. The zero-order chi connectivity index (χ0) is 11.3. The molecule has 0 unspecified atom stereocenters. The Morgan fingerprint density at radius 3 is 2.87 bits per heavy atom. The van der Waals surface area contributed by atoms with E-state index in [2.05, 4.69) is 28.2 Å². The molecular weight excluding hydrogens is 256 g/mol. The van der Waals surface area contributed by atoms with Crippen LogP contribution in [0.2, 0.25) is 0 Å². The number of nitrogens with one attached hydrogen (secondary N) is 1. The van der Waals surface area contributed by atoms with Crippen molar-refractivity contribution in [3.05, 3.63) is 28.2 Å². The van der Waals surface area contributed by atoms with Crippen LogP contribution in [0.5, 0.6) is 5.75 Å². The van der Waals surface area contributed by atoms with Crippen LogP contribution in [0.3, 0.4) is 0 Å². The smallest absolute Gasteiger partial charge is 0.119 e. The highest BCUT2D eigenvalue weighted by Gasteiger charge is 2.03. The van der Waals surface area contributed by atoms with Crippen LogP contribution in [0.4, 0.5) is 0 Å². The summed E-state index contributed by atoms with van der Waals surface area (Å²) in [7, 11) is 1.67. The van der Waals surface area contributed by atoms with Crippen LogP contribution >= 0.6 is 15.9 Å². The van der Waals surface area contributed by atoms with E-state index in [0.29, 0.717) is 12.6 Å². The predicted octanol–water partition coefficient (Wildman–Crippen LogP) is 1.89. The molecule has 1 aromatic rings. The van der Waals surface area contributed by atoms with E-state index >= 15 is 0 Å². The lowest BCUT2D eigenvalue weighted by atomic mass is 10.2. The molecule has 0 saturated heterocycles. The van der Waals surface area contributed by atoms with Crippen LogP contribution in [0.1, 0.15) is 12.5 Å². The third-order valence-electron chi connectivity index (χ3n) is 2.25. The van der Waals surface area contributed by atoms with Crippen molar-refractivity contribution in [1.29, 1.82) is 0 Å². The summed E-state index contributed by atoms with van der Waals surface area (Å²) in [4.78, 5) is 0. The second-order valence-corrected chi connectivity index (χ2v) is 4.33. The fourth-order valence-corrected chi connectivity index (χ4v) is 1.57. The van der Waals surface area contributed by atoms with Gasteiger partial charge in [0.05, 0.1) is 7.11 Å². The van der Waals surface area contributed by atoms with Gasteiger partial charge >= 0.3 is 0 Å². The number of ether oxygens (including phenoxy) is 1. The summed E-state index contributed by atoms with van der Waals surface area (Å²) >= 11 is 3.50. The quantitative estimate of drug-likeness (QED) is 0.861. The minimum Gasteiger partial charge on any atom is -0.497 e. The van der Waals surface area contributed by atoms with Crippen molar-refractivity contribution in [3.63, 3.8) is 0 Å². The van der Waals surface area contributed by atoms with Crippen molar-refractivity contribution in [2.24, 2.45) is 5.73 Å². The standard InChI is InChI=1S/C11H17BrN2O/c1-8(6-13)14-7-9-5-10(15-2)3-4-11(9)12/h3-5,8,14H,6-7,13H2,1-2H3/t8-/m0/s1. The second kappa shape index (κ2) is 6.10. The molecule has 3 N–H and O–H groups in total. The Balaban J connectivity index is 2.66. The van der Waals surface area contributed by atoms with Gasteiger partial charge in [-0.05, 0) is 30.7 Å². The van der Waals surface area contributed by atoms with Crippen molar-refractivity contribution < 1.29 is 4.74 Å². The third-order valence-corrected chi connectivity index (χ3v) is 3.02. The Hall–Kier alpha value is -0.580. The molecule has 0 spiro atoms. The Morgan fingerprint density at radius 2 is 2.27 bits per heavy atom. The van der Waals surface area contributed by atoms with E-state index in [0.717, 1.165) is 16.8 Å². The number of hydrogen-bond donors (Lipinski definition) is 2. The highest BCUT2D eigenvalue weighted by atomic mass is 79.9. The van der Waals surface area contributed by atoms with E-state index in [1.54, 1.807) is 7.11 Å². The first-order chi connectivity index (χ1) is 7.17. The van der Waals surface area contributed by atoms with Gasteiger partial charge in [-0.25, -0.2) is 0 Å². The van der Waals surface area contributed by atoms with Gasteiger partial charge in [0, 0.05) is 23.6 Å². The van der Waals surface area contributed by atoms with Gasteiger partial charge in [0.1, 0.15) is 5.75 Å². The van der Waals surface area contributed by atoms with Crippen molar-refractivity contribution in [3.8, 4) is 5.75 Å². The Bertz CT molecular complexity index is 317. The first-order valence-corrected chi connectivity index (χ1v) is 5.72. The van der Waals surface area contributed by atoms with Crippen molar-refractivity contribution >= 4 is 15.9 Å². The van der Waals surface area contributed by atoms with Crippen LogP contribution < -0.4 is 15.8 Å². The van der Waals surface area contributed by atoms with Gasteiger partial charge in [-0.3, -0.25) is 0 Å². The summed E-state index contributed by atoms with van der Waals surface area (Å²) in [5, 5.41) is 3.33. The summed E-state index contributed by atoms with van der Waals surface area (Å²) in [6, 6.07) is 6.26. The van der Waals surface area contributed by atoms with Crippen LogP contribution in [-0.4, -0.2) is 19.7 Å². The number of rotatable bonds is 5. The van der Waals surface area contributed by atoms with Crippen LogP contribution in [0.15, 0.2) is 22.7 Å². The van der Waals surface area contributed by atoms with E-state index in [1.807, 2.05) is 18.2 Å². The first kappa shape index (κ1) is 12.5. The Kier molecular flexibility index (Phi) is 5.08. The first-order valence-electron chi connectivity index (χ1n) is 4.93. The maximum atomic E-state index is 5.53. The monoisotopic (exact) mass is 272 g/mol. The maximum absolute atomic E-state index is 5.53. The van der Waals surface area contributed by atoms with Gasteiger partial charge in [-0.1, -0.05) is 15.9 Å². The molecule has 0 saturated carbocycles. The molecule has 0 bridgehead atoms. The number of hydrogen-bond acceptors (Lipinski definition) is 3. The Labute approximate surface area is 99.1 Å². The van der Waals surface area contributed by atoms with E-state index in [1.165, 1.54) is 5.56 Å². The number of nitrogens with two attached hydrogens (primary N) is 1. The summed E-state index contributed by atoms with van der Waals surface area (Å²) in [5.74, 6) is 0.871. The van der Waals surface area contributed by atoms with Crippen LogP contribution in [0.25, 0.3) is 0 Å². The molecule has 0 aliphatic carbocycles. The number of methoxy groups -OCH3 is 1. The van der Waals surface area contributed by atoms with Crippen molar-refractivity contribution in [2.45, 2.75) is 19.5 Å². The van der Waals surface area contributed by atoms with E-state index in [4.69, 9.17) is 10.5 Å². The Morgan fingerprint density at radius 1 is 1.53 bits per heavy atom. The molecule has 0 amide bonds. The molecule has 0 heterocycles. The summed E-state index contributed by atoms with van der Waals surface area (Å²) in [5.41, 5.74) is 6.71. The number of halogens is 1. The van der Waals surface area contributed by atoms with E-state index in [9.17, 15) is 0 Å². The lowest BCUT2D eigenvalue weighted by molar-refractivity contribution is 0.413. The molecule has 0 fully saturated rings. The lowest BCUT2D eigenvalue weighted by Gasteiger charge is -2.13. The molecule has 4 heteroatoms. The fraction of sp³-hybridized carbons (Fsp3) is 0.455. The largest absolute Gasteiger partial charge is 0.497 e. The maximum Gasteiger partial charge on any atom is 0.119 e. The molecule has 84 valence electrons. The van der Waals surface area contributed by atoms with Crippen LogP contribution in [-0.2, 0) is 6.54 Å². The van der Waals surface area contributed by atoms with Gasteiger partial charge in [0.2, 0.25) is 0 Å². The van der Waals surface area contributed by atoms with Gasteiger partial charge in [0.15, 0.2) is 0 Å². The number of benzene rings is 1. The van der Waals surface area contributed by atoms with Gasteiger partial charge in [0.25, 0.3) is 0 Å². The van der Waals surface area contributed by atoms with Crippen LogP contribution in [0, 0.1) is 0 Å². The van der Waals surface area contributed by atoms with Gasteiger partial charge in [-0.2, -0.15) is 0 Å². The zero-order valence-corrected chi connectivity index (χ0v) is 10.7. The second-order valence-electron chi connectivity index (χ2n) is 3.47. The average Bonchev–Trinajstić information content (AvgIpc) is 2.27. The SMILES string of the molecule is COc1ccc(Br)c(CN[C@@H](C)CN)c1. The summed E-state index contributed by atoms with van der Waals surface area (Å²) < 4.78 is 6.25. The summed E-state index contributed by atoms with van der Waals surface area (Å²) in [6.07, 6.45) is 0.